The first-order chi connectivity index (χ1) is 8.93. The van der Waals surface area contributed by atoms with E-state index in [-0.39, 0.29) is 5.69 Å². The van der Waals surface area contributed by atoms with Crippen LogP contribution in [0.15, 0.2) is 18.2 Å². The molecule has 0 spiro atoms. The second-order valence-electron chi connectivity index (χ2n) is 4.44. The van der Waals surface area contributed by atoms with Crippen LogP contribution < -0.4 is 10.6 Å². The fourth-order valence-electron chi connectivity index (χ4n) is 1.89. The highest BCUT2D eigenvalue weighted by Gasteiger charge is 2.45. The van der Waals surface area contributed by atoms with Crippen molar-refractivity contribution in [1.82, 2.24) is 5.32 Å². The second-order valence-corrected chi connectivity index (χ2v) is 4.44. The van der Waals surface area contributed by atoms with E-state index in [4.69, 9.17) is 5.11 Å². The van der Waals surface area contributed by atoms with Gasteiger partial charge in [0.05, 0.1) is 5.69 Å². The molecule has 0 aromatic heterocycles. The number of carbonyl (C=O) groups excluding carboxylic acids is 1. The van der Waals surface area contributed by atoms with Crippen LogP contribution in [0.25, 0.3) is 0 Å². The molecule has 2 rings (SSSR count). The Balaban J connectivity index is 2.05. The average molecular weight is 270 g/mol. The topological polar surface area (TPSA) is 78.4 Å². The summed E-state index contributed by atoms with van der Waals surface area (Å²) in [5.74, 6) is -2.63. The predicted molar refractivity (Wildman–Crippen MR) is 62.7 cm³/mol. The van der Waals surface area contributed by atoms with E-state index < -0.39 is 29.2 Å². The number of hydrogen-bond acceptors (Lipinski definition) is 2. The van der Waals surface area contributed by atoms with Crippen LogP contribution in [0.1, 0.15) is 19.3 Å². The highest BCUT2D eigenvalue weighted by atomic mass is 19.1. The molecule has 0 heterocycles. The fraction of sp³-hybridized carbons (Fsp3) is 0.333. The minimum Gasteiger partial charge on any atom is -0.480 e. The average Bonchev–Trinajstić information content (AvgIpc) is 2.28. The highest BCUT2D eigenvalue weighted by Crippen LogP contribution is 2.32. The van der Waals surface area contributed by atoms with E-state index in [1.807, 2.05) is 0 Å². The Hall–Kier alpha value is -2.18. The van der Waals surface area contributed by atoms with Gasteiger partial charge < -0.3 is 15.7 Å². The van der Waals surface area contributed by atoms with Crippen LogP contribution in [0.2, 0.25) is 0 Å². The van der Waals surface area contributed by atoms with E-state index in [9.17, 15) is 18.4 Å². The maximum atomic E-state index is 13.3. The zero-order chi connectivity index (χ0) is 14.0. The normalized spacial score (nSPS) is 16.3. The number of carboxylic acid groups (broad SMARTS) is 1. The molecule has 0 radical (unpaired) electrons. The molecule has 102 valence electrons. The summed E-state index contributed by atoms with van der Waals surface area (Å²) in [7, 11) is 0. The molecule has 0 bridgehead atoms. The number of urea groups is 1. The van der Waals surface area contributed by atoms with Crippen molar-refractivity contribution in [2.45, 2.75) is 24.8 Å². The van der Waals surface area contributed by atoms with Gasteiger partial charge in [-0.15, -0.1) is 0 Å². The zero-order valence-corrected chi connectivity index (χ0v) is 9.87. The first kappa shape index (κ1) is 13.3. The van der Waals surface area contributed by atoms with Gasteiger partial charge in [-0.3, -0.25) is 0 Å². The van der Waals surface area contributed by atoms with Crippen LogP contribution in [0.3, 0.4) is 0 Å². The Kier molecular flexibility index (Phi) is 3.37. The maximum Gasteiger partial charge on any atom is 0.329 e. The lowest BCUT2D eigenvalue weighted by Crippen LogP contribution is -2.60. The lowest BCUT2D eigenvalue weighted by atomic mass is 9.77. The van der Waals surface area contributed by atoms with Crippen molar-refractivity contribution in [3.8, 4) is 0 Å². The smallest absolute Gasteiger partial charge is 0.329 e. The summed E-state index contributed by atoms with van der Waals surface area (Å²) in [6.07, 6.45) is 1.34. The number of nitrogens with one attached hydrogen (secondary N) is 2. The Bertz CT molecular complexity index is 530. The van der Waals surface area contributed by atoms with E-state index >= 15 is 0 Å². The number of benzene rings is 1. The molecule has 5 nitrogen and oxygen atoms in total. The first-order valence-corrected chi connectivity index (χ1v) is 5.70. The van der Waals surface area contributed by atoms with Gasteiger partial charge in [-0.25, -0.2) is 18.4 Å². The van der Waals surface area contributed by atoms with Crippen molar-refractivity contribution >= 4 is 17.7 Å². The van der Waals surface area contributed by atoms with E-state index in [1.165, 1.54) is 0 Å². The van der Waals surface area contributed by atoms with Crippen molar-refractivity contribution in [3.63, 3.8) is 0 Å². The van der Waals surface area contributed by atoms with Crippen molar-refractivity contribution in [3.05, 3.63) is 29.8 Å². The van der Waals surface area contributed by atoms with Crippen LogP contribution in [-0.4, -0.2) is 22.6 Å². The molecular weight excluding hydrogens is 258 g/mol. The maximum absolute atomic E-state index is 13.3. The van der Waals surface area contributed by atoms with E-state index in [2.05, 4.69) is 10.6 Å². The summed E-state index contributed by atoms with van der Waals surface area (Å²) < 4.78 is 26.2. The molecule has 3 N–H and O–H groups in total. The minimum absolute atomic E-state index is 0.321. The van der Waals surface area contributed by atoms with Crippen LogP contribution in [0.5, 0.6) is 0 Å². The Labute approximate surface area is 107 Å². The molecule has 1 saturated carbocycles. The summed E-state index contributed by atoms with van der Waals surface area (Å²) in [4.78, 5) is 22.7. The van der Waals surface area contributed by atoms with Gasteiger partial charge in [0, 0.05) is 6.07 Å². The third kappa shape index (κ3) is 2.64. The van der Waals surface area contributed by atoms with Crippen molar-refractivity contribution in [1.29, 1.82) is 0 Å². The summed E-state index contributed by atoms with van der Waals surface area (Å²) >= 11 is 0. The summed E-state index contributed by atoms with van der Waals surface area (Å²) in [6.45, 7) is 0. The molecule has 0 atom stereocenters. The molecule has 7 heteroatoms. The van der Waals surface area contributed by atoms with Crippen molar-refractivity contribution < 1.29 is 23.5 Å². The third-order valence-corrected chi connectivity index (χ3v) is 3.15. The molecule has 2 amide bonds. The predicted octanol–water partition coefficient (Wildman–Crippen LogP) is 2.09. The van der Waals surface area contributed by atoms with Gasteiger partial charge >= 0.3 is 12.0 Å². The van der Waals surface area contributed by atoms with Gasteiger partial charge in [-0.05, 0) is 31.4 Å². The van der Waals surface area contributed by atoms with Crippen LogP contribution >= 0.6 is 0 Å². The molecule has 19 heavy (non-hydrogen) atoms. The number of amides is 2. The van der Waals surface area contributed by atoms with Gasteiger partial charge in [0.2, 0.25) is 0 Å². The summed E-state index contributed by atoms with van der Waals surface area (Å²) in [5.41, 5.74) is -1.63. The summed E-state index contributed by atoms with van der Waals surface area (Å²) in [6, 6.07) is 1.75. The number of aliphatic carboxylic acids is 1. The number of halogens is 2. The van der Waals surface area contributed by atoms with Gasteiger partial charge in [0.15, 0.2) is 0 Å². The standard InChI is InChI=1S/C12H12F2N2O3/c13-7-2-3-8(14)9(6-7)15-11(19)16-12(10(17)18)4-1-5-12/h2-3,6H,1,4-5H2,(H,17,18)(H2,15,16,19). The number of anilines is 1. The zero-order valence-electron chi connectivity index (χ0n) is 9.87. The molecular formula is C12H12F2N2O3. The second kappa shape index (κ2) is 4.83. The van der Waals surface area contributed by atoms with Gasteiger partial charge in [-0.1, -0.05) is 0 Å². The van der Waals surface area contributed by atoms with Gasteiger partial charge in [0.1, 0.15) is 17.2 Å². The van der Waals surface area contributed by atoms with Crippen molar-refractivity contribution in [2.24, 2.45) is 0 Å². The van der Waals surface area contributed by atoms with Crippen molar-refractivity contribution in [2.75, 3.05) is 5.32 Å². The summed E-state index contributed by atoms with van der Waals surface area (Å²) in [5, 5.41) is 13.4. The molecule has 0 saturated heterocycles. The molecule has 1 aliphatic rings. The number of hydrogen-bond donors (Lipinski definition) is 3. The van der Waals surface area contributed by atoms with E-state index in [0.29, 0.717) is 19.3 Å². The van der Waals surface area contributed by atoms with Crippen LogP contribution in [0, 0.1) is 11.6 Å². The minimum atomic E-state index is -1.30. The van der Waals surface area contributed by atoms with Crippen LogP contribution in [0.4, 0.5) is 19.3 Å². The lowest BCUT2D eigenvalue weighted by molar-refractivity contribution is -0.148. The highest BCUT2D eigenvalue weighted by molar-refractivity contribution is 5.94. The lowest BCUT2D eigenvalue weighted by Gasteiger charge is -2.38. The third-order valence-electron chi connectivity index (χ3n) is 3.15. The molecule has 1 aromatic carbocycles. The molecule has 0 unspecified atom stereocenters. The number of carboxylic acids is 1. The van der Waals surface area contributed by atoms with Gasteiger partial charge in [-0.2, -0.15) is 0 Å². The molecule has 0 aliphatic heterocycles. The van der Waals surface area contributed by atoms with E-state index in [0.717, 1.165) is 18.2 Å². The van der Waals surface area contributed by atoms with Gasteiger partial charge in [0.25, 0.3) is 0 Å². The number of carbonyl (C=O) groups is 2. The van der Waals surface area contributed by atoms with E-state index in [1.54, 1.807) is 0 Å². The monoisotopic (exact) mass is 270 g/mol. The first-order valence-electron chi connectivity index (χ1n) is 5.70. The quantitative estimate of drug-likeness (QED) is 0.787. The Morgan fingerprint density at radius 3 is 2.47 bits per heavy atom. The number of rotatable bonds is 3. The molecule has 1 fully saturated rings. The molecule has 1 aromatic rings. The fourth-order valence-corrected chi connectivity index (χ4v) is 1.89. The molecule has 1 aliphatic carbocycles. The Morgan fingerprint density at radius 1 is 1.26 bits per heavy atom. The van der Waals surface area contributed by atoms with Crippen LogP contribution in [-0.2, 0) is 4.79 Å². The SMILES string of the molecule is O=C(Nc1cc(F)ccc1F)NC1(C(=O)O)CCC1. The largest absolute Gasteiger partial charge is 0.480 e. The Morgan fingerprint density at radius 2 is 1.95 bits per heavy atom.